The minimum absolute atomic E-state index is 0.251. The lowest BCUT2D eigenvalue weighted by Crippen LogP contribution is -2.09. The van der Waals surface area contributed by atoms with Gasteiger partial charge in [-0.05, 0) is 48.6 Å². The molecule has 4 N–H and O–H groups in total. The topological polar surface area (TPSA) is 66.7 Å². The molecule has 2 heterocycles. The molecule has 0 saturated heterocycles. The standard InChI is InChI=1S/C26H28N4S.C2H6/c1-5-16(2)25-26(28-17(3)18-10-12-20(31-4)13-11-18)21(15-24(27)30-25)23-14-19-8-6-7-9-22(19)29-23;1-2/h6-16,28-29H,3,5H2,1-2,4H3,(H2,27,30);1-2H3. The predicted molar refractivity (Wildman–Crippen MR) is 147 cm³/mol. The number of nitrogen functional groups attached to an aromatic ring is 1. The highest BCUT2D eigenvalue weighted by Crippen LogP contribution is 2.38. The SMILES string of the molecule is C=C(Nc1c(-c2cc3ccccc3[nH]2)cc(N)nc1C(C)CC)c1ccc(SC)cc1.CC. The van der Waals surface area contributed by atoms with Gasteiger partial charge < -0.3 is 16.0 Å². The van der Waals surface area contributed by atoms with E-state index in [9.17, 15) is 0 Å². The Labute approximate surface area is 201 Å². The van der Waals surface area contributed by atoms with Crippen molar-refractivity contribution in [3.05, 3.63) is 78.5 Å². The number of nitrogens with zero attached hydrogens (tertiary/aromatic N) is 1. The second kappa shape index (κ2) is 11.1. The monoisotopic (exact) mass is 458 g/mol. The number of nitrogens with one attached hydrogen (secondary N) is 2. The molecule has 0 spiro atoms. The van der Waals surface area contributed by atoms with Crippen molar-refractivity contribution in [3.63, 3.8) is 0 Å². The van der Waals surface area contributed by atoms with Crippen molar-refractivity contribution in [1.29, 1.82) is 0 Å². The largest absolute Gasteiger partial charge is 0.384 e. The number of nitrogens with two attached hydrogens (primary N) is 1. The molecular formula is C28H34N4S. The summed E-state index contributed by atoms with van der Waals surface area (Å²) in [4.78, 5) is 9.48. The fourth-order valence-corrected chi connectivity index (χ4v) is 4.12. The van der Waals surface area contributed by atoms with Gasteiger partial charge in [0.15, 0.2) is 0 Å². The molecule has 2 aromatic carbocycles. The van der Waals surface area contributed by atoms with E-state index in [1.54, 1.807) is 11.8 Å². The number of hydrogen-bond acceptors (Lipinski definition) is 4. The molecule has 0 aliphatic carbocycles. The molecule has 33 heavy (non-hydrogen) atoms. The first kappa shape index (κ1) is 24.5. The summed E-state index contributed by atoms with van der Waals surface area (Å²) < 4.78 is 0. The number of pyridine rings is 1. The average molecular weight is 459 g/mol. The van der Waals surface area contributed by atoms with Gasteiger partial charge in [-0.1, -0.05) is 64.6 Å². The molecule has 2 aromatic heterocycles. The Balaban J connectivity index is 0.00000149. The van der Waals surface area contributed by atoms with Crippen LogP contribution in [0.3, 0.4) is 0 Å². The van der Waals surface area contributed by atoms with E-state index in [-0.39, 0.29) is 5.92 Å². The van der Waals surface area contributed by atoms with Gasteiger partial charge in [0.2, 0.25) is 0 Å². The van der Waals surface area contributed by atoms with Gasteiger partial charge in [0.1, 0.15) is 5.82 Å². The molecule has 172 valence electrons. The minimum Gasteiger partial charge on any atom is -0.384 e. The Bertz CT molecular complexity index is 1190. The number of benzene rings is 2. The molecule has 0 aliphatic rings. The quantitative estimate of drug-likeness (QED) is 0.244. The van der Waals surface area contributed by atoms with Gasteiger partial charge in [-0.2, -0.15) is 0 Å². The molecule has 1 unspecified atom stereocenters. The lowest BCUT2D eigenvalue weighted by Gasteiger charge is -2.21. The molecule has 4 rings (SSSR count). The minimum atomic E-state index is 0.251. The number of hydrogen-bond donors (Lipinski definition) is 3. The lowest BCUT2D eigenvalue weighted by molar-refractivity contribution is 0.712. The van der Waals surface area contributed by atoms with Crippen LogP contribution in [0.25, 0.3) is 27.9 Å². The van der Waals surface area contributed by atoms with Crippen LogP contribution in [0.2, 0.25) is 0 Å². The van der Waals surface area contributed by atoms with Crippen LogP contribution in [0.5, 0.6) is 0 Å². The number of aromatic nitrogens is 2. The number of fused-ring (bicyclic) bond motifs is 1. The normalized spacial score (nSPS) is 11.5. The number of H-pyrrole nitrogens is 1. The number of rotatable bonds is 7. The molecule has 0 bridgehead atoms. The van der Waals surface area contributed by atoms with E-state index < -0.39 is 0 Å². The third-order valence-corrected chi connectivity index (χ3v) is 6.42. The van der Waals surface area contributed by atoms with Gasteiger partial charge in [0, 0.05) is 38.7 Å². The molecule has 4 aromatic rings. The van der Waals surface area contributed by atoms with Crippen LogP contribution >= 0.6 is 11.8 Å². The summed E-state index contributed by atoms with van der Waals surface area (Å²) in [5.74, 6) is 0.769. The second-order valence-electron chi connectivity index (χ2n) is 7.77. The first-order chi connectivity index (χ1) is 16.0. The van der Waals surface area contributed by atoms with Crippen LogP contribution in [0.1, 0.15) is 51.3 Å². The molecule has 0 aliphatic heterocycles. The average Bonchev–Trinajstić information content (AvgIpc) is 3.29. The zero-order valence-electron chi connectivity index (χ0n) is 20.2. The zero-order valence-corrected chi connectivity index (χ0v) is 21.0. The zero-order chi connectivity index (χ0) is 24.0. The molecule has 0 fully saturated rings. The highest BCUT2D eigenvalue weighted by molar-refractivity contribution is 7.98. The van der Waals surface area contributed by atoms with Crippen molar-refractivity contribution in [3.8, 4) is 11.3 Å². The van der Waals surface area contributed by atoms with E-state index in [2.05, 4.69) is 79.4 Å². The number of para-hydroxylation sites is 1. The molecule has 5 heteroatoms. The Morgan fingerprint density at radius 2 is 1.82 bits per heavy atom. The summed E-state index contributed by atoms with van der Waals surface area (Å²) in [5, 5.41) is 4.74. The Kier molecular flexibility index (Phi) is 8.23. The van der Waals surface area contributed by atoms with Gasteiger partial charge in [-0.25, -0.2) is 4.98 Å². The summed E-state index contributed by atoms with van der Waals surface area (Å²) >= 11 is 1.73. The van der Waals surface area contributed by atoms with Crippen LogP contribution in [-0.2, 0) is 0 Å². The Morgan fingerprint density at radius 3 is 2.45 bits per heavy atom. The van der Waals surface area contributed by atoms with Crippen molar-refractivity contribution in [2.45, 2.75) is 44.9 Å². The van der Waals surface area contributed by atoms with Crippen LogP contribution in [-0.4, -0.2) is 16.2 Å². The summed E-state index contributed by atoms with van der Waals surface area (Å²) in [7, 11) is 0. The maximum atomic E-state index is 6.25. The van der Waals surface area contributed by atoms with Gasteiger partial charge >= 0.3 is 0 Å². The summed E-state index contributed by atoms with van der Waals surface area (Å²) in [6.07, 6.45) is 3.04. The van der Waals surface area contributed by atoms with Crippen molar-refractivity contribution in [2.24, 2.45) is 0 Å². The van der Waals surface area contributed by atoms with E-state index in [4.69, 9.17) is 10.7 Å². The lowest BCUT2D eigenvalue weighted by atomic mass is 9.98. The van der Waals surface area contributed by atoms with Crippen molar-refractivity contribution in [1.82, 2.24) is 9.97 Å². The Hall–Kier alpha value is -3.18. The number of aromatic amines is 1. The molecule has 4 nitrogen and oxygen atoms in total. The van der Waals surface area contributed by atoms with E-state index in [0.29, 0.717) is 5.82 Å². The molecular weight excluding hydrogens is 424 g/mol. The smallest absolute Gasteiger partial charge is 0.124 e. The predicted octanol–water partition coefficient (Wildman–Crippen LogP) is 8.16. The molecule has 0 amide bonds. The highest BCUT2D eigenvalue weighted by Gasteiger charge is 2.19. The fourth-order valence-electron chi connectivity index (χ4n) is 3.71. The molecule has 1 atom stereocenters. The van der Waals surface area contributed by atoms with E-state index in [1.807, 2.05) is 32.0 Å². The first-order valence-electron chi connectivity index (χ1n) is 11.5. The highest BCUT2D eigenvalue weighted by atomic mass is 32.2. The van der Waals surface area contributed by atoms with Gasteiger partial charge in [0.25, 0.3) is 0 Å². The summed E-state index contributed by atoms with van der Waals surface area (Å²) in [6.45, 7) is 12.7. The van der Waals surface area contributed by atoms with Crippen molar-refractivity contribution < 1.29 is 0 Å². The summed E-state index contributed by atoms with van der Waals surface area (Å²) in [5.41, 5.74) is 13.1. The van der Waals surface area contributed by atoms with E-state index >= 15 is 0 Å². The second-order valence-corrected chi connectivity index (χ2v) is 8.65. The number of thioether (sulfide) groups is 1. The van der Waals surface area contributed by atoms with Gasteiger partial charge in [-0.15, -0.1) is 11.8 Å². The van der Waals surface area contributed by atoms with Crippen LogP contribution in [0, 0.1) is 0 Å². The Morgan fingerprint density at radius 1 is 1.12 bits per heavy atom. The van der Waals surface area contributed by atoms with Gasteiger partial charge in [0.05, 0.1) is 11.4 Å². The van der Waals surface area contributed by atoms with E-state index in [0.717, 1.165) is 51.2 Å². The fraction of sp³-hybridized carbons (Fsp3) is 0.250. The third-order valence-electron chi connectivity index (χ3n) is 5.68. The van der Waals surface area contributed by atoms with Crippen molar-refractivity contribution >= 4 is 39.9 Å². The number of anilines is 2. The van der Waals surface area contributed by atoms with Crippen LogP contribution in [0.4, 0.5) is 11.5 Å². The molecule has 0 saturated carbocycles. The maximum absolute atomic E-state index is 6.25. The van der Waals surface area contributed by atoms with Crippen LogP contribution < -0.4 is 11.1 Å². The van der Waals surface area contributed by atoms with Crippen LogP contribution in [0.15, 0.2) is 72.1 Å². The maximum Gasteiger partial charge on any atom is 0.124 e. The summed E-state index contributed by atoms with van der Waals surface area (Å²) in [6, 6.07) is 20.8. The molecule has 0 radical (unpaired) electrons. The van der Waals surface area contributed by atoms with E-state index in [1.165, 1.54) is 4.90 Å². The van der Waals surface area contributed by atoms with Gasteiger partial charge in [-0.3, -0.25) is 0 Å². The first-order valence-corrected chi connectivity index (χ1v) is 12.7. The van der Waals surface area contributed by atoms with Crippen molar-refractivity contribution in [2.75, 3.05) is 17.3 Å². The third kappa shape index (κ3) is 5.42.